The van der Waals surface area contributed by atoms with Crippen molar-refractivity contribution in [1.82, 2.24) is 0 Å². The fourth-order valence-corrected chi connectivity index (χ4v) is 2.27. The zero-order valence-electron chi connectivity index (χ0n) is 13.4. The van der Waals surface area contributed by atoms with E-state index in [1.807, 2.05) is 31.2 Å². The van der Waals surface area contributed by atoms with Crippen LogP contribution >= 0.6 is 0 Å². The Kier molecular flexibility index (Phi) is 4.69. The van der Waals surface area contributed by atoms with Gasteiger partial charge in [0.15, 0.2) is 0 Å². The normalized spacial score (nSPS) is 13.0. The largest absolute Gasteiger partial charge is 0.457 e. The van der Waals surface area contributed by atoms with Gasteiger partial charge < -0.3 is 10.5 Å². The summed E-state index contributed by atoms with van der Waals surface area (Å²) in [6.07, 6.45) is 0.861. The smallest absolute Gasteiger partial charge is 0.127 e. The van der Waals surface area contributed by atoms with Gasteiger partial charge in [-0.25, -0.2) is 0 Å². The van der Waals surface area contributed by atoms with Gasteiger partial charge >= 0.3 is 0 Å². The van der Waals surface area contributed by atoms with Gasteiger partial charge in [0.2, 0.25) is 0 Å². The predicted molar refractivity (Wildman–Crippen MR) is 89.0 cm³/mol. The SMILES string of the molecule is CC(N)Cc1cccc(Oc2ccc(C(C)(C)C)cc2)c1. The monoisotopic (exact) mass is 283 g/mol. The van der Waals surface area contributed by atoms with Crippen LogP contribution in [0.1, 0.15) is 38.8 Å². The molecular formula is C19H25NO. The van der Waals surface area contributed by atoms with Crippen LogP contribution in [0, 0.1) is 0 Å². The van der Waals surface area contributed by atoms with E-state index in [-0.39, 0.29) is 11.5 Å². The summed E-state index contributed by atoms with van der Waals surface area (Å²) in [5.74, 6) is 1.72. The summed E-state index contributed by atoms with van der Waals surface area (Å²) >= 11 is 0. The lowest BCUT2D eigenvalue weighted by molar-refractivity contribution is 0.480. The van der Waals surface area contributed by atoms with E-state index in [2.05, 4.69) is 45.0 Å². The van der Waals surface area contributed by atoms with Crippen molar-refractivity contribution in [2.24, 2.45) is 5.73 Å². The fourth-order valence-electron chi connectivity index (χ4n) is 2.27. The third-order valence-electron chi connectivity index (χ3n) is 3.41. The van der Waals surface area contributed by atoms with E-state index in [1.54, 1.807) is 0 Å². The van der Waals surface area contributed by atoms with Crippen LogP contribution in [0.15, 0.2) is 48.5 Å². The third-order valence-corrected chi connectivity index (χ3v) is 3.41. The lowest BCUT2D eigenvalue weighted by Gasteiger charge is -2.19. The quantitative estimate of drug-likeness (QED) is 0.885. The van der Waals surface area contributed by atoms with Crippen LogP contribution in [0.2, 0.25) is 0 Å². The second-order valence-corrected chi connectivity index (χ2v) is 6.71. The molecule has 0 spiro atoms. The maximum atomic E-state index is 5.93. The molecule has 2 aromatic carbocycles. The van der Waals surface area contributed by atoms with Crippen molar-refractivity contribution >= 4 is 0 Å². The summed E-state index contributed by atoms with van der Waals surface area (Å²) in [7, 11) is 0. The first-order valence-electron chi connectivity index (χ1n) is 7.47. The molecule has 2 aromatic rings. The summed E-state index contributed by atoms with van der Waals surface area (Å²) in [4.78, 5) is 0. The van der Waals surface area contributed by atoms with Gasteiger partial charge in [-0.3, -0.25) is 0 Å². The van der Waals surface area contributed by atoms with Crippen molar-refractivity contribution in [3.8, 4) is 11.5 Å². The van der Waals surface area contributed by atoms with E-state index in [4.69, 9.17) is 10.5 Å². The highest BCUT2D eigenvalue weighted by molar-refractivity contribution is 5.36. The van der Waals surface area contributed by atoms with Crippen LogP contribution in [0.5, 0.6) is 11.5 Å². The van der Waals surface area contributed by atoms with E-state index >= 15 is 0 Å². The number of benzene rings is 2. The summed E-state index contributed by atoms with van der Waals surface area (Å²) in [5.41, 5.74) is 8.51. The van der Waals surface area contributed by atoms with Crippen molar-refractivity contribution in [1.29, 1.82) is 0 Å². The van der Waals surface area contributed by atoms with Crippen molar-refractivity contribution in [2.45, 2.75) is 45.6 Å². The topological polar surface area (TPSA) is 35.2 Å². The number of hydrogen-bond donors (Lipinski definition) is 1. The number of ether oxygens (including phenoxy) is 1. The molecule has 2 nitrogen and oxygen atoms in total. The van der Waals surface area contributed by atoms with Crippen molar-refractivity contribution < 1.29 is 4.74 Å². The molecule has 112 valence electrons. The highest BCUT2D eigenvalue weighted by Gasteiger charge is 2.13. The molecule has 2 N–H and O–H groups in total. The van der Waals surface area contributed by atoms with Gasteiger partial charge in [-0.1, -0.05) is 45.0 Å². The van der Waals surface area contributed by atoms with Crippen LogP contribution < -0.4 is 10.5 Å². The minimum atomic E-state index is 0.159. The summed E-state index contributed by atoms with van der Waals surface area (Å²) in [6.45, 7) is 8.64. The van der Waals surface area contributed by atoms with E-state index < -0.39 is 0 Å². The summed E-state index contributed by atoms with van der Waals surface area (Å²) in [6, 6.07) is 16.6. The molecule has 2 heteroatoms. The van der Waals surface area contributed by atoms with E-state index in [0.717, 1.165) is 17.9 Å². The second kappa shape index (κ2) is 6.31. The zero-order chi connectivity index (χ0) is 15.5. The van der Waals surface area contributed by atoms with Crippen molar-refractivity contribution in [2.75, 3.05) is 0 Å². The van der Waals surface area contributed by atoms with Gasteiger partial charge in [-0.05, 0) is 54.2 Å². The maximum Gasteiger partial charge on any atom is 0.127 e. The van der Waals surface area contributed by atoms with Crippen LogP contribution in [-0.4, -0.2) is 6.04 Å². The lowest BCUT2D eigenvalue weighted by Crippen LogP contribution is -2.17. The molecule has 0 fully saturated rings. The molecule has 0 aliphatic carbocycles. The predicted octanol–water partition coefficient (Wildman–Crippen LogP) is 4.67. The molecule has 0 aliphatic heterocycles. The fraction of sp³-hybridized carbons (Fsp3) is 0.368. The average Bonchev–Trinajstić information content (AvgIpc) is 2.38. The Labute approximate surface area is 127 Å². The number of hydrogen-bond acceptors (Lipinski definition) is 2. The number of nitrogens with two attached hydrogens (primary N) is 1. The second-order valence-electron chi connectivity index (χ2n) is 6.71. The highest BCUT2D eigenvalue weighted by atomic mass is 16.5. The Morgan fingerprint density at radius 3 is 2.24 bits per heavy atom. The standard InChI is InChI=1S/C19H25NO/c1-14(20)12-15-6-5-7-18(13-15)21-17-10-8-16(9-11-17)19(2,3)4/h5-11,13-14H,12,20H2,1-4H3. The molecule has 0 aliphatic rings. The Morgan fingerprint density at radius 1 is 1.00 bits per heavy atom. The first-order chi connectivity index (χ1) is 9.84. The van der Waals surface area contributed by atoms with Gasteiger partial charge in [-0.15, -0.1) is 0 Å². The third kappa shape index (κ3) is 4.61. The van der Waals surface area contributed by atoms with E-state index in [9.17, 15) is 0 Å². The van der Waals surface area contributed by atoms with Crippen LogP contribution in [0.25, 0.3) is 0 Å². The average molecular weight is 283 g/mol. The molecule has 0 bridgehead atoms. The van der Waals surface area contributed by atoms with Crippen LogP contribution in [0.4, 0.5) is 0 Å². The Hall–Kier alpha value is -1.80. The molecular weight excluding hydrogens is 258 g/mol. The molecule has 0 saturated heterocycles. The molecule has 1 unspecified atom stereocenters. The van der Waals surface area contributed by atoms with Gasteiger partial charge in [0.05, 0.1) is 0 Å². The minimum Gasteiger partial charge on any atom is -0.457 e. The first-order valence-corrected chi connectivity index (χ1v) is 7.47. The van der Waals surface area contributed by atoms with Gasteiger partial charge in [0.25, 0.3) is 0 Å². The lowest BCUT2D eigenvalue weighted by atomic mass is 9.87. The molecule has 0 saturated carbocycles. The van der Waals surface area contributed by atoms with Crippen molar-refractivity contribution in [3.63, 3.8) is 0 Å². The zero-order valence-corrected chi connectivity index (χ0v) is 13.4. The Morgan fingerprint density at radius 2 is 1.67 bits per heavy atom. The van der Waals surface area contributed by atoms with Gasteiger partial charge in [0, 0.05) is 6.04 Å². The minimum absolute atomic E-state index is 0.159. The van der Waals surface area contributed by atoms with Crippen LogP contribution in [0.3, 0.4) is 0 Å². The van der Waals surface area contributed by atoms with E-state index in [1.165, 1.54) is 11.1 Å². The van der Waals surface area contributed by atoms with E-state index in [0.29, 0.717) is 0 Å². The Bertz CT molecular complexity index is 579. The highest BCUT2D eigenvalue weighted by Crippen LogP contribution is 2.27. The molecule has 0 heterocycles. The molecule has 0 aromatic heterocycles. The number of rotatable bonds is 4. The molecule has 2 rings (SSSR count). The molecule has 21 heavy (non-hydrogen) atoms. The maximum absolute atomic E-state index is 5.93. The van der Waals surface area contributed by atoms with Crippen LogP contribution in [-0.2, 0) is 11.8 Å². The summed E-state index contributed by atoms with van der Waals surface area (Å²) < 4.78 is 5.93. The molecule has 1 atom stereocenters. The van der Waals surface area contributed by atoms with Gasteiger partial charge in [0.1, 0.15) is 11.5 Å². The Balaban J connectivity index is 2.11. The first kappa shape index (κ1) is 15.6. The molecule has 0 radical (unpaired) electrons. The molecule has 0 amide bonds. The summed E-state index contributed by atoms with van der Waals surface area (Å²) in [5, 5.41) is 0. The van der Waals surface area contributed by atoms with Crippen molar-refractivity contribution in [3.05, 3.63) is 59.7 Å². The van der Waals surface area contributed by atoms with Gasteiger partial charge in [-0.2, -0.15) is 0 Å².